The molecule has 0 aromatic carbocycles. The van der Waals surface area contributed by atoms with Crippen LogP contribution in [0.2, 0.25) is 0 Å². The number of esters is 2. The largest absolute Gasteiger partial charge is 0.472 e. The van der Waals surface area contributed by atoms with E-state index in [2.05, 4.69) is 38.2 Å². The van der Waals surface area contributed by atoms with Gasteiger partial charge in [0.15, 0.2) is 31.3 Å². The maximum atomic E-state index is 14.4. The minimum atomic E-state index is -5.82. The van der Waals surface area contributed by atoms with Crippen molar-refractivity contribution in [2.24, 2.45) is 0 Å². The Kier molecular flexibility index (Phi) is 43.3. The second-order valence-electron chi connectivity index (χ2n) is 27.6. The van der Waals surface area contributed by atoms with Crippen LogP contribution in [0, 0.1) is 0 Å². The summed E-state index contributed by atoms with van der Waals surface area (Å²) >= 11 is 0. The van der Waals surface area contributed by atoms with Gasteiger partial charge in [-0.25, -0.2) is 4.57 Å². The third kappa shape index (κ3) is 30.0. The van der Waals surface area contributed by atoms with Crippen LogP contribution in [0.25, 0.3) is 0 Å². The lowest BCUT2D eigenvalue weighted by Crippen LogP contribution is -2.69. The van der Waals surface area contributed by atoms with Gasteiger partial charge in [-0.15, -0.1) is 0 Å². The van der Waals surface area contributed by atoms with E-state index in [-0.39, 0.29) is 12.8 Å². The summed E-state index contributed by atoms with van der Waals surface area (Å²) in [6.45, 7) is -0.933. The van der Waals surface area contributed by atoms with Crippen LogP contribution >= 0.6 is 7.82 Å². The maximum absolute atomic E-state index is 14.4. The summed E-state index contributed by atoms with van der Waals surface area (Å²) in [5.41, 5.74) is 0. The highest BCUT2D eigenvalue weighted by Gasteiger charge is 2.59. The number of carbonyl (C=O) groups is 2. The molecule has 4 heterocycles. The fourth-order valence-corrected chi connectivity index (χ4v) is 13.7. The summed E-state index contributed by atoms with van der Waals surface area (Å²) in [5, 5.41) is 184. The molecule has 0 amide bonds. The van der Waals surface area contributed by atoms with E-state index in [1.165, 1.54) is 70.6 Å². The molecule has 18 N–H and O–H groups in total. The van der Waals surface area contributed by atoms with Gasteiger partial charge >= 0.3 is 19.8 Å². The fraction of sp³-hybridized carbons (Fsp3) is 0.913. The average Bonchev–Trinajstić information content (AvgIpc) is 0.758. The molecule has 33 nitrogen and oxygen atoms in total. The maximum Gasteiger partial charge on any atom is 0.472 e. The number of allylic oxidation sites excluding steroid dienone is 4. The minimum absolute atomic E-state index is 0.0162. The van der Waals surface area contributed by atoms with Gasteiger partial charge in [0, 0.05) is 12.8 Å². The normalized spacial score (nSPS) is 36.1. The molecule has 5 rings (SSSR count). The van der Waals surface area contributed by atoms with Gasteiger partial charge in [0.1, 0.15) is 141 Å². The summed E-state index contributed by atoms with van der Waals surface area (Å²) in [5.74, 6) is -1.47. The first-order valence-corrected chi connectivity index (χ1v) is 38.7. The molecule has 0 spiro atoms. The molecule has 0 aromatic rings. The highest BCUT2D eigenvalue weighted by atomic mass is 31.2. The van der Waals surface area contributed by atoms with Gasteiger partial charge in [0.25, 0.3) is 0 Å². The predicted octanol–water partition coefficient (Wildman–Crippen LogP) is 0.134. The number of hydrogen-bond donors (Lipinski definition) is 18. The van der Waals surface area contributed by atoms with Crippen LogP contribution in [0.15, 0.2) is 24.3 Å². The first kappa shape index (κ1) is 91.1. The lowest BCUT2D eigenvalue weighted by Gasteiger charge is -2.49. The Labute approximate surface area is 603 Å². The van der Waals surface area contributed by atoms with E-state index in [4.69, 9.17) is 56.4 Å². The average molecular weight is 1510 g/mol. The number of ether oxygens (including phenoxy) is 10. The Morgan fingerprint density at radius 1 is 0.379 bits per heavy atom. The second kappa shape index (κ2) is 48.9. The van der Waals surface area contributed by atoms with E-state index in [9.17, 15) is 106 Å². The molecule has 4 saturated heterocycles. The Hall–Kier alpha value is -2.47. The second-order valence-corrected chi connectivity index (χ2v) is 29.0. The highest BCUT2D eigenvalue weighted by Crippen LogP contribution is 2.49. The SMILES string of the molecule is CCCCCCCC/C=C\CCCCCCCC(=O)OC[C@H](COP(=O)(O)O[C@@H]1C(O[C@@H]2OC(CO[C@@H]3OC(CO[C@@H]4OC(CO)[C@H](O)C(O)[C@@H]4O)[C@H](O)C(O)[C@@H]3O)[C@H](O)C(O)[C@@H]2O)C(O)[C@@H](O)C(O)[C@H]1O[C@H]1OC(CO)[C@@H](O)C(O)[C@H]1O)OC(=O)CCCCCCC/C=C\CCCCCCCC. The topological polar surface area (TPSA) is 526 Å². The van der Waals surface area contributed by atoms with Crippen LogP contribution in [0.4, 0.5) is 0 Å². The van der Waals surface area contributed by atoms with Crippen molar-refractivity contribution in [3.63, 3.8) is 0 Å². The number of aliphatic hydroxyl groups is 17. The van der Waals surface area contributed by atoms with E-state index < -0.39 is 225 Å². The Morgan fingerprint density at radius 3 is 1.10 bits per heavy atom. The van der Waals surface area contributed by atoms with Crippen LogP contribution < -0.4 is 0 Å². The monoisotopic (exact) mass is 1510 g/mol. The molecule has 34 heteroatoms. The van der Waals surface area contributed by atoms with Gasteiger partial charge in [-0.2, -0.15) is 0 Å². The van der Waals surface area contributed by atoms with Crippen LogP contribution in [0.1, 0.15) is 194 Å². The first-order chi connectivity index (χ1) is 49.3. The molecule has 28 atom stereocenters. The minimum Gasteiger partial charge on any atom is -0.462 e. The molecular formula is C69H123O33P. The zero-order chi connectivity index (χ0) is 75.6. The van der Waals surface area contributed by atoms with Crippen molar-refractivity contribution in [2.75, 3.05) is 39.6 Å². The molecule has 0 radical (unpaired) electrons. The number of carbonyl (C=O) groups excluding carboxylic acids is 2. The van der Waals surface area contributed by atoms with Gasteiger partial charge in [0.05, 0.1) is 33.0 Å². The Bertz CT molecular complexity index is 2400. The highest BCUT2D eigenvalue weighted by molar-refractivity contribution is 7.47. The van der Waals surface area contributed by atoms with E-state index in [0.29, 0.717) is 19.3 Å². The summed E-state index contributed by atoms with van der Waals surface area (Å²) in [7, 11) is -5.82. The molecule has 1 saturated carbocycles. The van der Waals surface area contributed by atoms with E-state index >= 15 is 0 Å². The van der Waals surface area contributed by atoms with Crippen molar-refractivity contribution in [2.45, 2.75) is 359 Å². The van der Waals surface area contributed by atoms with Crippen LogP contribution in [-0.2, 0) is 70.6 Å². The predicted molar refractivity (Wildman–Crippen MR) is 361 cm³/mol. The molecule has 12 unspecified atom stereocenters. The van der Waals surface area contributed by atoms with Gasteiger partial charge in [-0.05, 0) is 64.2 Å². The van der Waals surface area contributed by atoms with Gasteiger partial charge in [0.2, 0.25) is 0 Å². The van der Waals surface area contributed by atoms with Crippen molar-refractivity contribution in [3.05, 3.63) is 24.3 Å². The summed E-state index contributed by atoms with van der Waals surface area (Å²) in [4.78, 5) is 38.2. The molecule has 602 valence electrons. The zero-order valence-corrected chi connectivity index (χ0v) is 60.5. The smallest absolute Gasteiger partial charge is 0.462 e. The molecular weight excluding hydrogens is 1390 g/mol. The van der Waals surface area contributed by atoms with Crippen molar-refractivity contribution >= 4 is 19.8 Å². The summed E-state index contributed by atoms with van der Waals surface area (Å²) < 4.78 is 81.4. The van der Waals surface area contributed by atoms with Crippen LogP contribution in [0.3, 0.4) is 0 Å². The fourth-order valence-electron chi connectivity index (χ4n) is 12.7. The Balaban J connectivity index is 1.29. The lowest BCUT2D eigenvalue weighted by molar-refractivity contribution is -0.365. The van der Waals surface area contributed by atoms with E-state index in [1.807, 2.05) is 0 Å². The lowest BCUT2D eigenvalue weighted by atomic mass is 9.84. The van der Waals surface area contributed by atoms with Crippen molar-refractivity contribution in [1.82, 2.24) is 0 Å². The van der Waals surface area contributed by atoms with Crippen LogP contribution in [-0.4, -0.2) is 309 Å². The molecule has 0 bridgehead atoms. The Morgan fingerprint density at radius 2 is 0.699 bits per heavy atom. The number of hydrogen-bond acceptors (Lipinski definition) is 32. The molecule has 103 heavy (non-hydrogen) atoms. The third-order valence-corrected chi connectivity index (χ3v) is 20.2. The van der Waals surface area contributed by atoms with Crippen molar-refractivity contribution in [1.29, 1.82) is 0 Å². The van der Waals surface area contributed by atoms with E-state index in [0.717, 1.165) is 77.0 Å². The number of unbranched alkanes of at least 4 members (excludes halogenated alkanes) is 22. The zero-order valence-electron chi connectivity index (χ0n) is 59.6. The molecule has 5 fully saturated rings. The number of aliphatic hydroxyl groups excluding tert-OH is 17. The molecule has 0 aromatic heterocycles. The van der Waals surface area contributed by atoms with E-state index in [1.54, 1.807) is 0 Å². The number of phosphoric ester groups is 1. The van der Waals surface area contributed by atoms with Crippen LogP contribution in [0.5, 0.6) is 0 Å². The van der Waals surface area contributed by atoms with Crippen molar-refractivity contribution in [3.8, 4) is 0 Å². The number of rotatable bonds is 50. The summed E-state index contributed by atoms with van der Waals surface area (Å²) in [6, 6.07) is 0. The van der Waals surface area contributed by atoms with Crippen molar-refractivity contribution < 1.29 is 162 Å². The number of phosphoric acid groups is 1. The third-order valence-electron chi connectivity index (χ3n) is 19.2. The quantitative estimate of drug-likeness (QED) is 0.0167. The van der Waals surface area contributed by atoms with Gasteiger partial charge < -0.3 is 139 Å². The standard InChI is InChI=1S/C69H123O33P/c1-3-5-7-9-11-13-15-17-19-21-23-25-27-29-31-33-46(72)91-37-41(95-47(73)34-32-30-28-26-24-22-20-18-16-14-12-10-8-6-4-2)38-94-103(89,90)102-65-63(100-68-61(87)53(79)49(75)43(36-71)97-68)57(83)56(82)58(84)64(65)101-69-62(88)55(81)51(77)45(99-69)40-93-67-60(86)54(80)50(76)44(98-67)39-92-66-59(85)52(78)48(74)42(35-70)96-66/h17-20,41-45,48-71,74-88H,3-16,21-40H2,1-2H3,(H,89,90)/b19-17-,20-18-/t41-,42?,43?,44?,45?,48+,49-,50+,51+,52?,53?,54?,55?,56+,57?,58?,59+,60+,61-,62+,63-,64?,65+,66-,67-,68-,69+/m1/s1. The first-order valence-electron chi connectivity index (χ1n) is 37.2. The van der Waals surface area contributed by atoms with Gasteiger partial charge in [-0.1, -0.05) is 141 Å². The molecule has 1 aliphatic carbocycles. The molecule has 4 aliphatic heterocycles. The molecule has 5 aliphatic rings. The van der Waals surface area contributed by atoms with Gasteiger partial charge in [-0.3, -0.25) is 18.6 Å². The summed E-state index contributed by atoms with van der Waals surface area (Å²) in [6.07, 6.45) is -20.8.